The lowest BCUT2D eigenvalue weighted by atomic mass is 9.81. The number of nitrogens with two attached hydrogens (primary N) is 2. The maximum absolute atomic E-state index is 14.8. The third-order valence-corrected chi connectivity index (χ3v) is 5.88. The van der Waals surface area contributed by atoms with Crippen LogP contribution in [0, 0.1) is 11.6 Å². The van der Waals surface area contributed by atoms with Crippen molar-refractivity contribution in [1.29, 1.82) is 0 Å². The van der Waals surface area contributed by atoms with Crippen LogP contribution in [0.25, 0.3) is 11.3 Å². The third kappa shape index (κ3) is 3.27. The number of aliphatic hydroxyl groups is 1. The maximum atomic E-state index is 14.8. The van der Waals surface area contributed by atoms with Crippen LogP contribution < -0.4 is 16.2 Å². The fraction of sp³-hybridized carbons (Fsp3) is 0.238. The van der Waals surface area contributed by atoms with E-state index in [4.69, 9.17) is 27.8 Å². The van der Waals surface area contributed by atoms with Crippen LogP contribution in [0.4, 0.5) is 8.78 Å². The zero-order valence-corrected chi connectivity index (χ0v) is 17.5. The van der Waals surface area contributed by atoms with Crippen LogP contribution >= 0.6 is 11.6 Å². The van der Waals surface area contributed by atoms with E-state index >= 15 is 0 Å². The minimum atomic E-state index is -1.94. The number of aromatic nitrogens is 3. The fourth-order valence-electron chi connectivity index (χ4n) is 3.54. The lowest BCUT2D eigenvalue weighted by Crippen LogP contribution is -2.41. The molecule has 32 heavy (non-hydrogen) atoms. The number of halogens is 3. The number of primary amides is 1. The molecule has 0 aliphatic carbocycles. The predicted molar refractivity (Wildman–Crippen MR) is 111 cm³/mol. The Hall–Kier alpha value is -3.21. The SMILES string of the molecule is C[C@]1(C(N)=O)COc2c1cc([C@@](O)(CN)c1cnccn1)nc2-c1cc(Cl)c(F)cc1F. The Morgan fingerprint density at radius 1 is 1.28 bits per heavy atom. The number of ether oxygens (including phenoxy) is 1. The summed E-state index contributed by atoms with van der Waals surface area (Å²) >= 11 is 5.87. The predicted octanol–water partition coefficient (Wildman–Crippen LogP) is 1.80. The molecule has 0 unspecified atom stereocenters. The van der Waals surface area contributed by atoms with Gasteiger partial charge in [0, 0.05) is 36.1 Å². The molecule has 2 atom stereocenters. The Labute approximate surface area is 186 Å². The van der Waals surface area contributed by atoms with Crippen molar-refractivity contribution in [3.05, 3.63) is 70.4 Å². The van der Waals surface area contributed by atoms with Crippen molar-refractivity contribution in [3.8, 4) is 17.0 Å². The Kier molecular flexibility index (Phi) is 5.32. The normalized spacial score (nSPS) is 19.2. The largest absolute Gasteiger partial charge is 0.489 e. The zero-order chi connectivity index (χ0) is 23.3. The van der Waals surface area contributed by atoms with Gasteiger partial charge in [0.05, 0.1) is 22.6 Å². The first-order valence-corrected chi connectivity index (χ1v) is 9.82. The van der Waals surface area contributed by atoms with E-state index in [2.05, 4.69) is 15.0 Å². The summed E-state index contributed by atoms with van der Waals surface area (Å²) in [7, 11) is 0. The molecular formula is C21H18ClF2N5O3. The van der Waals surface area contributed by atoms with Gasteiger partial charge in [-0.25, -0.2) is 13.8 Å². The Balaban J connectivity index is 2.05. The van der Waals surface area contributed by atoms with Crippen molar-refractivity contribution >= 4 is 17.5 Å². The second-order valence-corrected chi connectivity index (χ2v) is 8.03. The van der Waals surface area contributed by atoms with Gasteiger partial charge in [-0.2, -0.15) is 0 Å². The van der Waals surface area contributed by atoms with E-state index in [1.165, 1.54) is 24.7 Å². The molecular weight excluding hydrogens is 444 g/mol. The van der Waals surface area contributed by atoms with Crippen molar-refractivity contribution in [2.75, 3.05) is 13.2 Å². The Bertz CT molecular complexity index is 1230. The average Bonchev–Trinajstić information content (AvgIpc) is 3.14. The summed E-state index contributed by atoms with van der Waals surface area (Å²) in [6.45, 7) is 1.04. The highest BCUT2D eigenvalue weighted by atomic mass is 35.5. The smallest absolute Gasteiger partial charge is 0.231 e. The van der Waals surface area contributed by atoms with Crippen LogP contribution in [0.3, 0.4) is 0 Å². The molecule has 3 heterocycles. The molecule has 0 bridgehead atoms. The number of pyridine rings is 1. The van der Waals surface area contributed by atoms with Crippen LogP contribution in [0.2, 0.25) is 5.02 Å². The summed E-state index contributed by atoms with van der Waals surface area (Å²) in [5.74, 6) is -2.56. The van der Waals surface area contributed by atoms with Gasteiger partial charge in [0.15, 0.2) is 5.60 Å². The number of rotatable bonds is 5. The minimum absolute atomic E-state index is 0.0490. The van der Waals surface area contributed by atoms with Crippen molar-refractivity contribution in [3.63, 3.8) is 0 Å². The Morgan fingerprint density at radius 2 is 2.03 bits per heavy atom. The van der Waals surface area contributed by atoms with Gasteiger partial charge in [-0.3, -0.25) is 14.8 Å². The highest BCUT2D eigenvalue weighted by Gasteiger charge is 2.46. The van der Waals surface area contributed by atoms with Crippen LogP contribution in [-0.4, -0.2) is 39.1 Å². The molecule has 0 radical (unpaired) electrons. The van der Waals surface area contributed by atoms with Crippen LogP contribution in [0.15, 0.2) is 36.8 Å². The summed E-state index contributed by atoms with van der Waals surface area (Å²) in [5, 5.41) is 11.1. The van der Waals surface area contributed by atoms with Crippen molar-refractivity contribution in [1.82, 2.24) is 15.0 Å². The molecule has 8 nitrogen and oxygen atoms in total. The van der Waals surface area contributed by atoms with Gasteiger partial charge in [0.25, 0.3) is 0 Å². The summed E-state index contributed by atoms with van der Waals surface area (Å²) in [6.07, 6.45) is 4.08. The van der Waals surface area contributed by atoms with Crippen LogP contribution in [0.5, 0.6) is 5.75 Å². The molecule has 11 heteroatoms. The second-order valence-electron chi connectivity index (χ2n) is 7.62. The number of amides is 1. The van der Waals surface area contributed by atoms with Crippen molar-refractivity contribution in [2.45, 2.75) is 17.9 Å². The van der Waals surface area contributed by atoms with E-state index in [1.54, 1.807) is 6.92 Å². The number of carbonyl (C=O) groups excluding carboxylic acids is 1. The zero-order valence-electron chi connectivity index (χ0n) is 16.8. The first kappa shape index (κ1) is 22.0. The van der Waals surface area contributed by atoms with Crippen molar-refractivity contribution in [2.24, 2.45) is 11.5 Å². The molecule has 5 N–H and O–H groups in total. The van der Waals surface area contributed by atoms with Gasteiger partial charge in [0.2, 0.25) is 5.91 Å². The number of benzene rings is 1. The molecule has 1 aliphatic heterocycles. The highest BCUT2D eigenvalue weighted by Crippen LogP contribution is 2.46. The van der Waals surface area contributed by atoms with E-state index in [0.29, 0.717) is 6.07 Å². The molecule has 2 aromatic heterocycles. The quantitative estimate of drug-likeness (QED) is 0.492. The lowest BCUT2D eigenvalue weighted by molar-refractivity contribution is -0.123. The first-order valence-electron chi connectivity index (χ1n) is 9.44. The minimum Gasteiger partial charge on any atom is -0.489 e. The van der Waals surface area contributed by atoms with Gasteiger partial charge in [-0.1, -0.05) is 11.6 Å². The van der Waals surface area contributed by atoms with Gasteiger partial charge in [-0.15, -0.1) is 0 Å². The molecule has 0 fully saturated rings. The van der Waals surface area contributed by atoms with E-state index in [9.17, 15) is 18.7 Å². The first-order chi connectivity index (χ1) is 15.1. The standard InChI is InChI=1S/C21H18ClF2N5O3/c1-20(19(26)30)9-32-18-11(20)5-15(21(31,8-25)16-7-27-2-3-28-16)29-17(18)10-4-12(22)14(24)6-13(10)23/h2-7,31H,8-9,25H2,1H3,(H2,26,30)/t20-,21-/m0/s1. The monoisotopic (exact) mass is 461 g/mol. The molecule has 166 valence electrons. The molecule has 1 aromatic carbocycles. The average molecular weight is 462 g/mol. The molecule has 1 amide bonds. The summed E-state index contributed by atoms with van der Waals surface area (Å²) in [4.78, 5) is 24.7. The van der Waals surface area contributed by atoms with Gasteiger partial charge in [-0.05, 0) is 19.1 Å². The number of hydrogen-bond acceptors (Lipinski definition) is 7. The molecule has 1 aliphatic rings. The van der Waals surface area contributed by atoms with E-state index < -0.39 is 28.6 Å². The summed E-state index contributed by atoms with van der Waals surface area (Å²) in [5.41, 5.74) is 8.25. The number of hydrogen-bond donors (Lipinski definition) is 3. The van der Waals surface area contributed by atoms with Gasteiger partial charge in [0.1, 0.15) is 35.1 Å². The van der Waals surface area contributed by atoms with Crippen LogP contribution in [-0.2, 0) is 15.8 Å². The summed E-state index contributed by atoms with van der Waals surface area (Å²) < 4.78 is 34.2. The lowest BCUT2D eigenvalue weighted by Gasteiger charge is -2.27. The van der Waals surface area contributed by atoms with E-state index in [1.807, 2.05) is 0 Å². The van der Waals surface area contributed by atoms with Gasteiger partial charge >= 0.3 is 0 Å². The Morgan fingerprint density at radius 3 is 2.66 bits per heavy atom. The van der Waals surface area contributed by atoms with Crippen LogP contribution in [0.1, 0.15) is 23.9 Å². The molecule has 0 saturated heterocycles. The van der Waals surface area contributed by atoms with Crippen molar-refractivity contribution < 1.29 is 23.4 Å². The van der Waals surface area contributed by atoms with E-state index in [-0.39, 0.29) is 52.1 Å². The number of nitrogens with zero attached hydrogens (tertiary/aromatic N) is 3. The molecule has 0 spiro atoms. The number of fused-ring (bicyclic) bond motifs is 1. The summed E-state index contributed by atoms with van der Waals surface area (Å²) in [6, 6.07) is 3.07. The highest BCUT2D eigenvalue weighted by molar-refractivity contribution is 6.31. The fourth-order valence-corrected chi connectivity index (χ4v) is 3.70. The molecule has 4 rings (SSSR count). The maximum Gasteiger partial charge on any atom is 0.231 e. The number of carbonyl (C=O) groups is 1. The molecule has 3 aromatic rings. The van der Waals surface area contributed by atoms with E-state index in [0.717, 1.165) is 6.07 Å². The second kappa shape index (κ2) is 7.73. The topological polar surface area (TPSA) is 137 Å². The third-order valence-electron chi connectivity index (χ3n) is 5.59. The molecule has 0 saturated carbocycles. The van der Waals surface area contributed by atoms with Gasteiger partial charge < -0.3 is 21.3 Å².